The van der Waals surface area contributed by atoms with Crippen LogP contribution in [0.3, 0.4) is 0 Å². The lowest BCUT2D eigenvalue weighted by atomic mass is 10.1. The van der Waals surface area contributed by atoms with Gasteiger partial charge in [-0.3, -0.25) is 4.79 Å². The van der Waals surface area contributed by atoms with E-state index in [0.717, 1.165) is 4.90 Å². The maximum absolute atomic E-state index is 12.2. The van der Waals surface area contributed by atoms with E-state index in [1.54, 1.807) is 6.92 Å². The van der Waals surface area contributed by atoms with Crippen LogP contribution in [-0.2, 0) is 9.59 Å². The van der Waals surface area contributed by atoms with E-state index in [2.05, 4.69) is 5.32 Å². The van der Waals surface area contributed by atoms with Crippen LogP contribution in [0.4, 0.5) is 4.79 Å². The molecule has 0 aromatic rings. The number of nitrogens with one attached hydrogen (secondary N) is 1. The fourth-order valence-corrected chi connectivity index (χ4v) is 2.30. The number of rotatable bonds is 4. The van der Waals surface area contributed by atoms with Gasteiger partial charge >= 0.3 is 12.0 Å². The second-order valence-electron chi connectivity index (χ2n) is 5.07. The van der Waals surface area contributed by atoms with Crippen molar-refractivity contribution in [3.05, 3.63) is 0 Å². The maximum Gasteiger partial charge on any atom is 0.326 e. The SMILES string of the molecule is CNC(=O)C(C)CN(C)C(=O)N1C[C@H](O)C[C@@H]1C(=O)O. The number of nitrogens with zero attached hydrogens (tertiary/aromatic N) is 2. The summed E-state index contributed by atoms with van der Waals surface area (Å²) in [5.41, 5.74) is 0. The van der Waals surface area contributed by atoms with Crippen molar-refractivity contribution in [3.8, 4) is 0 Å². The molecule has 20 heavy (non-hydrogen) atoms. The third-order valence-electron chi connectivity index (χ3n) is 3.38. The third-order valence-corrected chi connectivity index (χ3v) is 3.38. The molecule has 1 unspecified atom stereocenters. The number of carbonyl (C=O) groups excluding carboxylic acids is 2. The predicted molar refractivity (Wildman–Crippen MR) is 70.0 cm³/mol. The Morgan fingerprint density at radius 2 is 2.05 bits per heavy atom. The summed E-state index contributed by atoms with van der Waals surface area (Å²) in [6.07, 6.45) is -0.801. The lowest BCUT2D eigenvalue weighted by molar-refractivity contribution is -0.141. The number of aliphatic hydroxyl groups excluding tert-OH is 1. The first-order valence-corrected chi connectivity index (χ1v) is 6.42. The second-order valence-corrected chi connectivity index (χ2v) is 5.07. The Labute approximate surface area is 117 Å². The number of carboxylic acid groups (broad SMARTS) is 1. The number of carbonyl (C=O) groups is 3. The topological polar surface area (TPSA) is 110 Å². The zero-order chi connectivity index (χ0) is 15.4. The molecular weight excluding hydrogens is 266 g/mol. The molecule has 0 aromatic carbocycles. The van der Waals surface area contributed by atoms with Crippen LogP contribution in [0.2, 0.25) is 0 Å². The highest BCUT2D eigenvalue weighted by Gasteiger charge is 2.40. The minimum absolute atomic E-state index is 0.00546. The predicted octanol–water partition coefficient (Wildman–Crippen LogP) is -1.06. The van der Waals surface area contributed by atoms with Gasteiger partial charge in [0.1, 0.15) is 6.04 Å². The molecule has 1 fully saturated rings. The number of carboxylic acids is 1. The fourth-order valence-electron chi connectivity index (χ4n) is 2.30. The van der Waals surface area contributed by atoms with Crippen molar-refractivity contribution in [3.63, 3.8) is 0 Å². The Morgan fingerprint density at radius 3 is 2.55 bits per heavy atom. The Hall–Kier alpha value is -1.83. The second kappa shape index (κ2) is 6.56. The van der Waals surface area contributed by atoms with Crippen molar-refractivity contribution in [2.75, 3.05) is 27.2 Å². The van der Waals surface area contributed by atoms with Crippen molar-refractivity contribution in [2.24, 2.45) is 5.92 Å². The molecule has 1 saturated heterocycles. The number of aliphatic hydroxyl groups is 1. The molecule has 0 saturated carbocycles. The van der Waals surface area contributed by atoms with E-state index in [0.29, 0.717) is 0 Å². The molecule has 0 aliphatic carbocycles. The Morgan fingerprint density at radius 1 is 1.45 bits per heavy atom. The van der Waals surface area contributed by atoms with Crippen molar-refractivity contribution in [2.45, 2.75) is 25.5 Å². The van der Waals surface area contributed by atoms with E-state index in [-0.39, 0.29) is 25.4 Å². The molecule has 0 radical (unpaired) electrons. The quantitative estimate of drug-likeness (QED) is 0.610. The monoisotopic (exact) mass is 287 g/mol. The molecule has 1 aliphatic heterocycles. The van der Waals surface area contributed by atoms with Gasteiger partial charge in [0.2, 0.25) is 5.91 Å². The van der Waals surface area contributed by atoms with Crippen molar-refractivity contribution < 1.29 is 24.6 Å². The molecular formula is C12H21N3O5. The molecule has 8 nitrogen and oxygen atoms in total. The number of hydrogen-bond donors (Lipinski definition) is 3. The average Bonchev–Trinajstić information content (AvgIpc) is 2.78. The Bertz CT molecular complexity index is 401. The van der Waals surface area contributed by atoms with Gasteiger partial charge < -0.3 is 25.3 Å². The molecule has 3 atom stereocenters. The van der Waals surface area contributed by atoms with E-state index in [9.17, 15) is 19.5 Å². The van der Waals surface area contributed by atoms with Crippen LogP contribution in [0.1, 0.15) is 13.3 Å². The molecule has 114 valence electrons. The molecule has 0 aromatic heterocycles. The van der Waals surface area contributed by atoms with Gasteiger partial charge in [-0.1, -0.05) is 6.92 Å². The van der Waals surface area contributed by atoms with Gasteiger partial charge in [0.15, 0.2) is 0 Å². The minimum Gasteiger partial charge on any atom is -0.480 e. The van der Waals surface area contributed by atoms with Gasteiger partial charge in [-0.05, 0) is 0 Å². The summed E-state index contributed by atoms with van der Waals surface area (Å²) in [6, 6.07) is -1.51. The standard InChI is InChI=1S/C12H21N3O5/c1-7(10(17)13-2)5-14(3)12(20)15-6-8(16)4-9(15)11(18)19/h7-9,16H,4-6H2,1-3H3,(H,13,17)(H,18,19)/t7?,8-,9-/m1/s1. The molecule has 0 bridgehead atoms. The van der Waals surface area contributed by atoms with Crippen LogP contribution in [0.15, 0.2) is 0 Å². The summed E-state index contributed by atoms with van der Waals surface area (Å²) in [4.78, 5) is 37.1. The van der Waals surface area contributed by atoms with Crippen LogP contribution in [0.5, 0.6) is 0 Å². The summed E-state index contributed by atoms with van der Waals surface area (Å²) in [6.45, 7) is 1.85. The van der Waals surface area contributed by atoms with Crippen LogP contribution in [0.25, 0.3) is 0 Å². The van der Waals surface area contributed by atoms with Gasteiger partial charge in [0.25, 0.3) is 0 Å². The number of hydrogen-bond acceptors (Lipinski definition) is 4. The molecule has 0 spiro atoms. The van der Waals surface area contributed by atoms with Crippen LogP contribution >= 0.6 is 0 Å². The van der Waals surface area contributed by atoms with E-state index < -0.39 is 30.1 Å². The number of likely N-dealkylation sites (tertiary alicyclic amines) is 1. The molecule has 8 heteroatoms. The Kier molecular flexibility index (Phi) is 5.32. The Balaban J connectivity index is 2.68. The van der Waals surface area contributed by atoms with Crippen molar-refractivity contribution in [1.29, 1.82) is 0 Å². The summed E-state index contributed by atoms with van der Waals surface area (Å²) in [7, 11) is 3.02. The number of aliphatic carboxylic acids is 1. The van der Waals surface area contributed by atoms with Crippen LogP contribution in [-0.4, -0.2) is 77.3 Å². The molecule has 1 heterocycles. The highest BCUT2D eigenvalue weighted by molar-refractivity contribution is 5.84. The molecule has 3 amide bonds. The van der Waals surface area contributed by atoms with Crippen LogP contribution < -0.4 is 5.32 Å². The number of urea groups is 1. The molecule has 1 rings (SSSR count). The lowest BCUT2D eigenvalue weighted by Crippen LogP contribution is -2.48. The first kappa shape index (κ1) is 16.2. The largest absolute Gasteiger partial charge is 0.480 e. The van der Waals surface area contributed by atoms with Crippen molar-refractivity contribution >= 4 is 17.9 Å². The van der Waals surface area contributed by atoms with Gasteiger partial charge in [-0.25, -0.2) is 9.59 Å². The first-order valence-electron chi connectivity index (χ1n) is 6.42. The minimum atomic E-state index is -1.14. The smallest absolute Gasteiger partial charge is 0.326 e. The summed E-state index contributed by atoms with van der Waals surface area (Å²) < 4.78 is 0. The van der Waals surface area contributed by atoms with E-state index in [1.165, 1.54) is 19.0 Å². The summed E-state index contributed by atoms with van der Waals surface area (Å²) in [5.74, 6) is -1.73. The van der Waals surface area contributed by atoms with Gasteiger partial charge in [0.05, 0.1) is 12.0 Å². The van der Waals surface area contributed by atoms with E-state index in [1.807, 2.05) is 0 Å². The number of amides is 3. The average molecular weight is 287 g/mol. The van der Waals surface area contributed by atoms with Crippen LogP contribution in [0, 0.1) is 5.92 Å². The summed E-state index contributed by atoms with van der Waals surface area (Å²) >= 11 is 0. The molecule has 1 aliphatic rings. The normalized spacial score (nSPS) is 23.3. The fraction of sp³-hybridized carbons (Fsp3) is 0.750. The highest BCUT2D eigenvalue weighted by atomic mass is 16.4. The third kappa shape index (κ3) is 3.60. The first-order chi connectivity index (χ1) is 9.27. The highest BCUT2D eigenvalue weighted by Crippen LogP contribution is 2.20. The zero-order valence-corrected chi connectivity index (χ0v) is 11.9. The van der Waals surface area contributed by atoms with Gasteiger partial charge in [-0.15, -0.1) is 0 Å². The van der Waals surface area contributed by atoms with E-state index >= 15 is 0 Å². The summed E-state index contributed by atoms with van der Waals surface area (Å²) in [5, 5.41) is 21.1. The van der Waals surface area contributed by atoms with E-state index in [4.69, 9.17) is 5.11 Å². The number of β-amino-alcohol motifs (C(OH)–C–C–N with tert-alkyl or cyclic N) is 1. The van der Waals surface area contributed by atoms with Gasteiger partial charge in [0, 0.05) is 33.6 Å². The molecule has 3 N–H and O–H groups in total. The van der Waals surface area contributed by atoms with Crippen molar-refractivity contribution in [1.82, 2.24) is 15.1 Å². The zero-order valence-electron chi connectivity index (χ0n) is 11.9. The lowest BCUT2D eigenvalue weighted by Gasteiger charge is -2.28. The van der Waals surface area contributed by atoms with Gasteiger partial charge in [-0.2, -0.15) is 0 Å². The maximum atomic E-state index is 12.2.